The molecular weight excluding hydrogens is 1390 g/mol. The van der Waals surface area contributed by atoms with Crippen LogP contribution in [-0.2, 0) is 70.4 Å². The summed E-state index contributed by atoms with van der Waals surface area (Å²) in [6.07, 6.45) is 0.0195. The number of carbonyl (C=O) groups excluding carboxylic acids is 11. The van der Waals surface area contributed by atoms with Crippen molar-refractivity contribution in [2.75, 3.05) is 73.9 Å². The Labute approximate surface area is 629 Å². The largest absolute Gasteiger partial charge is 0.420 e. The van der Waals surface area contributed by atoms with Gasteiger partial charge < -0.3 is 55.5 Å². The second-order valence-electron chi connectivity index (χ2n) is 30.8. The number of nitrogens with one attached hydrogen (secondary N) is 3. The molecule has 5 N–H and O–H groups in total. The first-order valence-corrected chi connectivity index (χ1v) is 37.5. The van der Waals surface area contributed by atoms with E-state index in [2.05, 4.69) is 16.0 Å². The van der Waals surface area contributed by atoms with Crippen LogP contribution < -0.4 is 26.4 Å². The SMILES string of the molecule is CC[C@H](C)[C@@H]([C@@H](CC(=O)N1CCC[C@H]1[C@H](OC)[C@@H](C)C(=O)C[C@@H](Cc1ccccc1)C(=O)N(C)Cc1ccc(NC(=O)[C@H](CCCNC(N)=O)CC(=O)[C@@H](NC(=O)CCC(=O)N2CCC(C)(C(=O)Oc3c(F)c(C)c(F)c(F)c3F)CC2)C(C)C)cc1)OC)N(C)C(=O)[C@@H](CC(=O)[C@H](C(C)C)N(C)C)C(C)C. The minimum Gasteiger partial charge on any atom is -0.420 e. The van der Waals surface area contributed by atoms with Gasteiger partial charge in [0.15, 0.2) is 29.0 Å². The van der Waals surface area contributed by atoms with Gasteiger partial charge in [-0.15, -0.1) is 0 Å². The first kappa shape index (κ1) is 89.5. The van der Waals surface area contributed by atoms with Crippen molar-refractivity contribution < 1.29 is 84.5 Å². The normalized spacial score (nSPS) is 17.3. The second-order valence-corrected chi connectivity index (χ2v) is 30.8. The lowest BCUT2D eigenvalue weighted by atomic mass is 9.80. The number of ether oxygens (including phenoxy) is 3. The Bertz CT molecular complexity index is 3520. The summed E-state index contributed by atoms with van der Waals surface area (Å²) in [5.74, 6) is -16.5. The third kappa shape index (κ3) is 24.4. The van der Waals surface area contributed by atoms with Crippen molar-refractivity contribution in [3.05, 3.63) is 94.6 Å². The van der Waals surface area contributed by atoms with Crippen molar-refractivity contribution in [3.8, 4) is 5.75 Å². The summed E-state index contributed by atoms with van der Waals surface area (Å²) >= 11 is 0. The molecule has 5 rings (SSSR count). The highest BCUT2D eigenvalue weighted by molar-refractivity contribution is 5.98. The molecule has 23 nitrogen and oxygen atoms in total. The van der Waals surface area contributed by atoms with Crippen molar-refractivity contribution in [1.82, 2.24) is 35.1 Å². The lowest BCUT2D eigenvalue weighted by molar-refractivity contribution is -0.151. The van der Waals surface area contributed by atoms with Crippen molar-refractivity contribution in [2.24, 2.45) is 58.5 Å². The number of nitrogens with zero attached hydrogens (tertiary/aromatic N) is 5. The van der Waals surface area contributed by atoms with E-state index in [-0.39, 0.29) is 150 Å². The molecule has 8 amide bonds. The minimum absolute atomic E-state index is 0.000541. The fourth-order valence-electron chi connectivity index (χ4n) is 15.0. The number of esters is 1. The maximum absolute atomic E-state index is 14.7. The average Bonchev–Trinajstić information content (AvgIpc) is 0.806. The summed E-state index contributed by atoms with van der Waals surface area (Å²) in [7, 11) is 10.2. The van der Waals surface area contributed by atoms with E-state index in [1.807, 2.05) is 90.9 Å². The molecule has 2 heterocycles. The smallest absolute Gasteiger partial charge is 0.317 e. The number of methoxy groups -OCH3 is 2. The average molecular weight is 1500 g/mol. The highest BCUT2D eigenvalue weighted by Crippen LogP contribution is 2.38. The Kier molecular flexibility index (Phi) is 34.6. The number of carbonyl (C=O) groups is 11. The molecule has 594 valence electrons. The fraction of sp³-hybridized carbons (Fsp3) is 0.637. The molecule has 107 heavy (non-hydrogen) atoms. The van der Waals surface area contributed by atoms with Crippen LogP contribution in [0.25, 0.3) is 0 Å². The number of ketones is 3. The molecular formula is C80H117F4N9O14. The number of anilines is 1. The molecule has 0 radical (unpaired) electrons. The number of nitrogens with two attached hydrogens (primary N) is 1. The number of hydrogen-bond acceptors (Lipinski definition) is 15. The Morgan fingerprint density at radius 2 is 1.31 bits per heavy atom. The summed E-state index contributed by atoms with van der Waals surface area (Å²) in [5, 5.41) is 8.08. The van der Waals surface area contributed by atoms with Gasteiger partial charge in [0.05, 0.1) is 48.2 Å². The van der Waals surface area contributed by atoms with E-state index in [1.54, 1.807) is 80.9 Å². The van der Waals surface area contributed by atoms with E-state index >= 15 is 0 Å². The quantitative estimate of drug-likeness (QED) is 0.0103. The number of rotatable bonds is 41. The standard InChI is InChI=1S/C80H117F4N9O14/c1-18-49(8)72(91(15)77(102)57(46(2)3)43-61(96)71(48(6)7)89(12)13)62(105-16)44-65(99)93-37-23-27-58(93)73(106-17)50(9)59(94)42-55(40-52-24-20-19-21-25-52)76(101)90(14)45-53-28-30-56(31-29-53)87-75(100)54(26-22-36-86-79(85)104)41-60(95)70(47(4)5)88-63(97)32-33-64(98)92-38-34-80(11,35-39-92)78(103)107-74-67(82)51(10)66(81)68(83)69(74)84/h19-21,24-25,28-31,46-50,54-55,57-58,62,70-73H,18,22-23,26-27,32-45H2,1-17H3,(H,87,100)(H,88,97)(H3,85,86,104)/t49-,50-,54+,55+,57-,58-,62+,70-,71-,72-,73+/m0/s1. The topological polar surface area (TPSA) is 294 Å². The number of halogens is 4. The molecule has 0 bridgehead atoms. The molecule has 2 saturated heterocycles. The van der Waals surface area contributed by atoms with Gasteiger partial charge in [0, 0.05) is 128 Å². The third-order valence-electron chi connectivity index (χ3n) is 21.6. The highest BCUT2D eigenvalue weighted by Gasteiger charge is 2.46. The van der Waals surface area contributed by atoms with Gasteiger partial charge in [0.1, 0.15) is 5.78 Å². The maximum atomic E-state index is 14.7. The molecule has 0 unspecified atom stereocenters. The van der Waals surface area contributed by atoms with Crippen molar-refractivity contribution in [2.45, 2.75) is 209 Å². The number of likely N-dealkylation sites (tertiary alicyclic amines) is 2. The van der Waals surface area contributed by atoms with Crippen molar-refractivity contribution in [3.63, 3.8) is 0 Å². The zero-order chi connectivity index (χ0) is 80.1. The Morgan fingerprint density at radius 1 is 0.682 bits per heavy atom. The molecule has 27 heteroatoms. The number of amides is 8. The van der Waals surface area contributed by atoms with Crippen LogP contribution in [0.4, 0.5) is 28.0 Å². The van der Waals surface area contributed by atoms with Crippen LogP contribution in [0.1, 0.15) is 169 Å². The van der Waals surface area contributed by atoms with Crippen LogP contribution in [0.15, 0.2) is 54.6 Å². The molecule has 3 aromatic rings. The summed E-state index contributed by atoms with van der Waals surface area (Å²) in [6.45, 7) is 20.1. The summed E-state index contributed by atoms with van der Waals surface area (Å²) < 4.78 is 74.4. The molecule has 2 fully saturated rings. The zero-order valence-corrected chi connectivity index (χ0v) is 65.8. The molecule has 3 aromatic carbocycles. The highest BCUT2D eigenvalue weighted by atomic mass is 19.2. The predicted molar refractivity (Wildman–Crippen MR) is 398 cm³/mol. The molecule has 0 aromatic heterocycles. The van der Waals surface area contributed by atoms with Gasteiger partial charge in [-0.1, -0.05) is 111 Å². The molecule has 0 spiro atoms. The first-order valence-electron chi connectivity index (χ1n) is 37.5. The molecule has 0 saturated carbocycles. The van der Waals surface area contributed by atoms with E-state index in [9.17, 15) is 70.3 Å². The van der Waals surface area contributed by atoms with Crippen molar-refractivity contribution in [1.29, 1.82) is 0 Å². The van der Waals surface area contributed by atoms with Gasteiger partial charge in [-0.3, -0.25) is 52.8 Å². The van der Waals surface area contributed by atoms with Gasteiger partial charge in [0.2, 0.25) is 47.0 Å². The number of piperidine rings is 1. The Hall–Kier alpha value is -8.17. The number of urea groups is 1. The van der Waals surface area contributed by atoms with Crippen LogP contribution >= 0.6 is 0 Å². The van der Waals surface area contributed by atoms with Gasteiger partial charge in [-0.05, 0) is 120 Å². The Morgan fingerprint density at radius 3 is 1.87 bits per heavy atom. The minimum atomic E-state index is -2.00. The lowest BCUT2D eigenvalue weighted by Crippen LogP contribution is -2.54. The molecule has 11 atom stereocenters. The fourth-order valence-corrected chi connectivity index (χ4v) is 15.0. The van der Waals surface area contributed by atoms with Gasteiger partial charge in [0.25, 0.3) is 0 Å². The predicted octanol–water partition coefficient (Wildman–Crippen LogP) is 10.2. The van der Waals surface area contributed by atoms with Gasteiger partial charge in [-0.2, -0.15) is 4.39 Å². The van der Waals surface area contributed by atoms with Gasteiger partial charge in [-0.25, -0.2) is 18.0 Å². The molecule has 2 aliphatic heterocycles. The van der Waals surface area contributed by atoms with Crippen LogP contribution in [0.3, 0.4) is 0 Å². The van der Waals surface area contributed by atoms with Crippen molar-refractivity contribution >= 4 is 70.5 Å². The summed E-state index contributed by atoms with van der Waals surface area (Å²) in [4.78, 5) is 161. The van der Waals surface area contributed by atoms with Crippen LogP contribution in [0, 0.1) is 83.0 Å². The number of benzene rings is 3. The Balaban J connectivity index is 1.22. The van der Waals surface area contributed by atoms with E-state index in [0.717, 1.165) is 12.5 Å². The molecule has 2 aliphatic rings. The number of primary amides is 1. The second kappa shape index (κ2) is 41.4. The number of Topliss-reactive ketones (excluding diaryl/α,β-unsaturated/α-hetero) is 3. The van der Waals surface area contributed by atoms with E-state index < -0.39 is 135 Å². The molecule has 0 aliphatic carbocycles. The van der Waals surface area contributed by atoms with E-state index in [0.29, 0.717) is 37.1 Å². The van der Waals surface area contributed by atoms with E-state index in [4.69, 9.17) is 19.9 Å². The van der Waals surface area contributed by atoms with Crippen LogP contribution in [0.5, 0.6) is 5.75 Å². The summed E-state index contributed by atoms with van der Waals surface area (Å²) in [6, 6.07) is 12.9. The van der Waals surface area contributed by atoms with Crippen LogP contribution in [0.2, 0.25) is 0 Å². The monoisotopic (exact) mass is 1500 g/mol. The van der Waals surface area contributed by atoms with Gasteiger partial charge >= 0.3 is 12.0 Å². The number of hydrogen-bond donors (Lipinski definition) is 4. The summed E-state index contributed by atoms with van der Waals surface area (Å²) in [5.41, 5.74) is 4.97. The third-order valence-corrected chi connectivity index (χ3v) is 21.6. The zero-order valence-electron chi connectivity index (χ0n) is 65.8. The first-order chi connectivity index (χ1) is 50.3. The maximum Gasteiger partial charge on any atom is 0.317 e. The van der Waals surface area contributed by atoms with E-state index in [1.165, 1.54) is 18.9 Å². The van der Waals surface area contributed by atoms with Crippen LogP contribution in [-0.4, -0.2) is 194 Å². The lowest BCUT2D eigenvalue weighted by Gasteiger charge is -2.41. The number of likely N-dealkylation sites (N-methyl/N-ethyl adjacent to an activating group) is 2.